The van der Waals surface area contributed by atoms with Crippen LogP contribution in [0, 0.1) is 0 Å². The van der Waals surface area contributed by atoms with Crippen LogP contribution in [-0.2, 0) is 7.05 Å². The molecule has 1 aromatic heterocycles. The molecule has 1 amide bonds. The van der Waals surface area contributed by atoms with Gasteiger partial charge >= 0.3 is 0 Å². The molecule has 1 atom stereocenters. The Bertz CT molecular complexity index is 440. The molecule has 6 heteroatoms. The molecule has 1 unspecified atom stereocenters. The van der Waals surface area contributed by atoms with Gasteiger partial charge in [-0.1, -0.05) is 0 Å². The molecule has 2 rings (SSSR count). The molecule has 100 valence electrons. The molecule has 1 aliphatic heterocycles. The van der Waals surface area contributed by atoms with Crippen molar-refractivity contribution in [3.05, 3.63) is 11.9 Å². The van der Waals surface area contributed by atoms with Gasteiger partial charge in [0.15, 0.2) is 5.69 Å². The highest BCUT2D eigenvalue weighted by atomic mass is 16.2. The summed E-state index contributed by atoms with van der Waals surface area (Å²) >= 11 is 0. The Morgan fingerprint density at radius 2 is 2.33 bits per heavy atom. The highest BCUT2D eigenvalue weighted by Gasteiger charge is 2.31. The Kier molecular flexibility index (Phi) is 3.56. The average Bonchev–Trinajstić information content (AvgIpc) is 2.83. The Morgan fingerprint density at radius 1 is 1.61 bits per heavy atom. The maximum atomic E-state index is 12.4. The number of hydrogen-bond acceptors (Lipinski definition) is 4. The molecule has 6 nitrogen and oxygen atoms in total. The third-order valence-corrected chi connectivity index (χ3v) is 3.27. The monoisotopic (exact) mass is 251 g/mol. The van der Waals surface area contributed by atoms with Crippen molar-refractivity contribution in [3.63, 3.8) is 0 Å². The molecule has 18 heavy (non-hydrogen) atoms. The average molecular weight is 251 g/mol. The zero-order valence-corrected chi connectivity index (χ0v) is 11.3. The molecule has 0 aliphatic carbocycles. The minimum absolute atomic E-state index is 0.0440. The lowest BCUT2D eigenvalue weighted by Crippen LogP contribution is -2.41. The lowest BCUT2D eigenvalue weighted by molar-refractivity contribution is 0.0710. The largest absolute Gasteiger partial charge is 0.396 e. The molecular formula is C12H21N5O. The number of amides is 1. The van der Waals surface area contributed by atoms with Crippen LogP contribution in [0.1, 0.15) is 23.3 Å². The first-order chi connectivity index (χ1) is 8.49. The van der Waals surface area contributed by atoms with Crippen molar-refractivity contribution in [1.82, 2.24) is 19.6 Å². The molecule has 2 N–H and O–H groups in total. The smallest absolute Gasteiger partial charge is 0.276 e. The van der Waals surface area contributed by atoms with Gasteiger partial charge in [0.25, 0.3) is 5.91 Å². The first-order valence-corrected chi connectivity index (χ1v) is 6.24. The highest BCUT2D eigenvalue weighted by molar-refractivity contribution is 5.97. The fraction of sp³-hybridized carbons (Fsp3) is 0.667. The fourth-order valence-electron chi connectivity index (χ4n) is 2.52. The quantitative estimate of drug-likeness (QED) is 0.831. The highest BCUT2D eigenvalue weighted by Crippen LogP contribution is 2.22. The second-order valence-corrected chi connectivity index (χ2v) is 5.16. The normalized spacial score (nSPS) is 19.8. The minimum Gasteiger partial charge on any atom is -0.396 e. The van der Waals surface area contributed by atoms with Gasteiger partial charge in [-0.2, -0.15) is 5.10 Å². The first-order valence-electron chi connectivity index (χ1n) is 6.24. The molecule has 0 aromatic carbocycles. The lowest BCUT2D eigenvalue weighted by Gasteiger charge is -2.26. The summed E-state index contributed by atoms with van der Waals surface area (Å²) in [5.41, 5.74) is 6.65. The van der Waals surface area contributed by atoms with Gasteiger partial charge in [-0.25, -0.2) is 0 Å². The number of nitrogen functional groups attached to an aromatic ring is 1. The number of aryl methyl sites for hydroxylation is 1. The van der Waals surface area contributed by atoms with E-state index >= 15 is 0 Å². The van der Waals surface area contributed by atoms with E-state index < -0.39 is 0 Å². The van der Waals surface area contributed by atoms with Gasteiger partial charge in [-0.3, -0.25) is 9.48 Å². The molecule has 0 radical (unpaired) electrons. The van der Waals surface area contributed by atoms with E-state index in [4.69, 9.17) is 5.73 Å². The second-order valence-electron chi connectivity index (χ2n) is 5.16. The van der Waals surface area contributed by atoms with Gasteiger partial charge in [0, 0.05) is 32.4 Å². The molecule has 0 bridgehead atoms. The third-order valence-electron chi connectivity index (χ3n) is 3.27. The van der Waals surface area contributed by atoms with E-state index in [1.54, 1.807) is 17.9 Å². The van der Waals surface area contributed by atoms with E-state index in [9.17, 15) is 4.79 Å². The van der Waals surface area contributed by atoms with Crippen molar-refractivity contribution in [1.29, 1.82) is 0 Å². The maximum absolute atomic E-state index is 12.4. The summed E-state index contributed by atoms with van der Waals surface area (Å²) in [7, 11) is 5.82. The van der Waals surface area contributed by atoms with E-state index in [0.717, 1.165) is 25.9 Å². The first kappa shape index (κ1) is 12.9. The number of hydrogen-bond donors (Lipinski definition) is 1. The molecule has 1 saturated heterocycles. The number of carbonyl (C=O) groups excluding carboxylic acids is 1. The summed E-state index contributed by atoms with van der Waals surface area (Å²) in [6.45, 7) is 1.69. The summed E-state index contributed by atoms with van der Waals surface area (Å²) in [5.74, 6) is -0.0440. The summed E-state index contributed by atoms with van der Waals surface area (Å²) < 4.78 is 1.58. The van der Waals surface area contributed by atoms with Crippen LogP contribution in [0.4, 0.5) is 5.69 Å². The van der Waals surface area contributed by atoms with Gasteiger partial charge in [-0.05, 0) is 26.9 Å². The van der Waals surface area contributed by atoms with Crippen molar-refractivity contribution in [2.24, 2.45) is 7.05 Å². The van der Waals surface area contributed by atoms with Crippen LogP contribution in [-0.4, -0.2) is 58.7 Å². The zero-order chi connectivity index (χ0) is 13.3. The summed E-state index contributed by atoms with van der Waals surface area (Å²) in [4.78, 5) is 16.4. The summed E-state index contributed by atoms with van der Waals surface area (Å²) in [5, 5.41) is 4.16. The molecule has 0 saturated carbocycles. The van der Waals surface area contributed by atoms with Crippen molar-refractivity contribution in [2.75, 3.05) is 32.9 Å². The lowest BCUT2D eigenvalue weighted by atomic mass is 10.2. The predicted molar refractivity (Wildman–Crippen MR) is 70.2 cm³/mol. The number of nitrogens with zero attached hydrogens (tertiary/aromatic N) is 4. The Labute approximate surface area is 107 Å². The number of carbonyl (C=O) groups is 1. The Balaban J connectivity index is 2.15. The molecule has 1 fully saturated rings. The SMILES string of the molecule is CN(C)CC1CCCN1C(=O)c1nn(C)cc1N. The van der Waals surface area contributed by atoms with Crippen molar-refractivity contribution in [2.45, 2.75) is 18.9 Å². The van der Waals surface area contributed by atoms with E-state index in [0.29, 0.717) is 11.4 Å². The van der Waals surface area contributed by atoms with Crippen LogP contribution in [0.5, 0.6) is 0 Å². The number of likely N-dealkylation sites (N-methyl/N-ethyl adjacent to an activating group) is 1. The molecule has 0 spiro atoms. The number of likely N-dealkylation sites (tertiary alicyclic amines) is 1. The van der Waals surface area contributed by atoms with Gasteiger partial charge in [-0.15, -0.1) is 0 Å². The van der Waals surface area contributed by atoms with Gasteiger partial charge in [0.2, 0.25) is 0 Å². The van der Waals surface area contributed by atoms with Gasteiger partial charge in [0.1, 0.15) is 0 Å². The van der Waals surface area contributed by atoms with Crippen LogP contribution >= 0.6 is 0 Å². The van der Waals surface area contributed by atoms with Crippen molar-refractivity contribution in [3.8, 4) is 0 Å². The van der Waals surface area contributed by atoms with Crippen LogP contribution in [0.15, 0.2) is 6.20 Å². The van der Waals surface area contributed by atoms with Gasteiger partial charge < -0.3 is 15.5 Å². The Morgan fingerprint density at radius 3 is 2.89 bits per heavy atom. The molecule has 1 aliphatic rings. The van der Waals surface area contributed by atoms with Crippen molar-refractivity contribution >= 4 is 11.6 Å². The summed E-state index contributed by atoms with van der Waals surface area (Å²) in [6.07, 6.45) is 3.78. The summed E-state index contributed by atoms with van der Waals surface area (Å²) in [6, 6.07) is 0.272. The van der Waals surface area contributed by atoms with Crippen LogP contribution in [0.25, 0.3) is 0 Å². The predicted octanol–water partition coefficient (Wildman–Crippen LogP) is 0.169. The van der Waals surface area contributed by atoms with Crippen LogP contribution in [0.2, 0.25) is 0 Å². The zero-order valence-electron chi connectivity index (χ0n) is 11.3. The topological polar surface area (TPSA) is 67.4 Å². The van der Waals surface area contributed by atoms with Crippen LogP contribution < -0.4 is 5.73 Å². The number of nitrogens with two attached hydrogens (primary N) is 1. The Hall–Kier alpha value is -1.56. The number of rotatable bonds is 3. The molecule has 2 heterocycles. The standard InChI is InChI=1S/C12H21N5O/c1-15(2)7-9-5-4-6-17(9)12(18)11-10(13)8-16(3)14-11/h8-9H,4-7,13H2,1-3H3. The fourth-order valence-corrected chi connectivity index (χ4v) is 2.52. The third kappa shape index (κ3) is 2.48. The van der Waals surface area contributed by atoms with Gasteiger partial charge in [0.05, 0.1) is 5.69 Å². The van der Waals surface area contributed by atoms with E-state index in [2.05, 4.69) is 10.00 Å². The molecular weight excluding hydrogens is 230 g/mol. The van der Waals surface area contributed by atoms with E-state index in [-0.39, 0.29) is 11.9 Å². The van der Waals surface area contributed by atoms with Crippen LogP contribution in [0.3, 0.4) is 0 Å². The van der Waals surface area contributed by atoms with E-state index in [1.807, 2.05) is 19.0 Å². The molecule has 1 aromatic rings. The van der Waals surface area contributed by atoms with E-state index in [1.165, 1.54) is 0 Å². The number of aromatic nitrogens is 2. The van der Waals surface area contributed by atoms with Crippen molar-refractivity contribution < 1.29 is 4.79 Å². The second kappa shape index (κ2) is 4.97. The number of anilines is 1. The minimum atomic E-state index is -0.0440. The maximum Gasteiger partial charge on any atom is 0.276 e.